The van der Waals surface area contributed by atoms with Crippen molar-refractivity contribution in [1.82, 2.24) is 4.90 Å². The minimum absolute atomic E-state index is 0. The zero-order chi connectivity index (χ0) is 17.1. The van der Waals surface area contributed by atoms with Crippen molar-refractivity contribution >= 4 is 34.2 Å². The van der Waals surface area contributed by atoms with Crippen LogP contribution in [0.25, 0.3) is 0 Å². The number of nitrogens with two attached hydrogens (primary N) is 1. The number of rotatable bonds is 3. The molecule has 1 fully saturated rings. The molecular weight excluding hydrogens is 411 g/mol. The van der Waals surface area contributed by atoms with Gasteiger partial charge in [0.1, 0.15) is 5.75 Å². The first kappa shape index (κ1) is 19.7. The van der Waals surface area contributed by atoms with Crippen LogP contribution in [0, 0.1) is 5.82 Å². The van der Waals surface area contributed by atoms with E-state index in [0.717, 1.165) is 17.3 Å². The molecule has 2 aromatic rings. The van der Waals surface area contributed by atoms with Gasteiger partial charge in [0.05, 0.1) is 0 Å². The molecule has 25 heavy (non-hydrogen) atoms. The van der Waals surface area contributed by atoms with E-state index in [9.17, 15) is 9.18 Å². The van der Waals surface area contributed by atoms with Gasteiger partial charge in [-0.15, -0.1) is 12.4 Å². The number of ether oxygens (including phenoxy) is 1. The maximum atomic E-state index is 14.3. The predicted octanol–water partition coefficient (Wildman–Crippen LogP) is 4.37. The third-order valence-corrected chi connectivity index (χ3v) is 4.49. The maximum Gasteiger partial charge on any atom is 0.254 e. The smallest absolute Gasteiger partial charge is 0.254 e. The van der Waals surface area contributed by atoms with Gasteiger partial charge in [0.15, 0.2) is 11.6 Å². The predicted molar refractivity (Wildman–Crippen MR) is 101 cm³/mol. The number of likely N-dealkylation sites (tertiary alicyclic amines) is 1. The Balaban J connectivity index is 0.00000225. The summed E-state index contributed by atoms with van der Waals surface area (Å²) in [6, 6.07) is 11.4. The van der Waals surface area contributed by atoms with Gasteiger partial charge in [-0.05, 0) is 55.3 Å². The summed E-state index contributed by atoms with van der Waals surface area (Å²) in [6.45, 7) is 1.17. The normalized spacial score (nSPS) is 16.9. The molecule has 7 heteroatoms. The van der Waals surface area contributed by atoms with Crippen molar-refractivity contribution in [1.29, 1.82) is 0 Å². The summed E-state index contributed by atoms with van der Waals surface area (Å²) in [6.07, 6.45) is 1.79. The van der Waals surface area contributed by atoms with Crippen molar-refractivity contribution in [2.75, 3.05) is 13.1 Å². The Labute approximate surface area is 160 Å². The molecule has 0 saturated carbocycles. The summed E-state index contributed by atoms with van der Waals surface area (Å²) in [4.78, 5) is 14.1. The molecule has 1 heterocycles. The molecule has 0 spiro atoms. The molecule has 3 rings (SSSR count). The van der Waals surface area contributed by atoms with Crippen LogP contribution in [0.15, 0.2) is 46.9 Å². The van der Waals surface area contributed by atoms with Crippen molar-refractivity contribution in [2.24, 2.45) is 5.73 Å². The Morgan fingerprint density at radius 2 is 1.96 bits per heavy atom. The van der Waals surface area contributed by atoms with Gasteiger partial charge in [0, 0.05) is 29.2 Å². The largest absolute Gasteiger partial charge is 0.454 e. The van der Waals surface area contributed by atoms with Crippen molar-refractivity contribution in [3.8, 4) is 11.5 Å². The van der Waals surface area contributed by atoms with Crippen LogP contribution in [-0.2, 0) is 0 Å². The van der Waals surface area contributed by atoms with E-state index in [1.165, 1.54) is 12.1 Å². The lowest BCUT2D eigenvalue weighted by atomic mass is 10.1. The lowest BCUT2D eigenvalue weighted by molar-refractivity contribution is 0.0708. The second kappa shape index (κ2) is 8.65. The highest BCUT2D eigenvalue weighted by atomic mass is 79.9. The first-order valence-corrected chi connectivity index (χ1v) is 8.60. The molecule has 1 aliphatic rings. The van der Waals surface area contributed by atoms with Gasteiger partial charge < -0.3 is 15.4 Å². The average molecular weight is 430 g/mol. The number of nitrogens with zero attached hydrogens (tertiary/aromatic N) is 1. The van der Waals surface area contributed by atoms with Crippen LogP contribution in [0.2, 0.25) is 0 Å². The minimum atomic E-state index is -0.565. The van der Waals surface area contributed by atoms with Gasteiger partial charge in [0.2, 0.25) is 0 Å². The van der Waals surface area contributed by atoms with Crippen LogP contribution >= 0.6 is 28.3 Å². The fourth-order valence-electron chi connectivity index (χ4n) is 2.72. The van der Waals surface area contributed by atoms with Gasteiger partial charge in [-0.25, -0.2) is 4.39 Å². The summed E-state index contributed by atoms with van der Waals surface area (Å²) >= 11 is 3.33. The van der Waals surface area contributed by atoms with Gasteiger partial charge in [-0.2, -0.15) is 0 Å². The Morgan fingerprint density at radius 3 is 2.60 bits per heavy atom. The third kappa shape index (κ3) is 4.93. The van der Waals surface area contributed by atoms with E-state index in [1.807, 2.05) is 12.1 Å². The van der Waals surface area contributed by atoms with E-state index < -0.39 is 5.82 Å². The lowest BCUT2D eigenvalue weighted by Crippen LogP contribution is -2.45. The highest BCUT2D eigenvalue weighted by molar-refractivity contribution is 9.10. The number of hydrogen-bond donors (Lipinski definition) is 1. The van der Waals surface area contributed by atoms with Crippen LogP contribution in [0.3, 0.4) is 0 Å². The Bertz CT molecular complexity index is 742. The van der Waals surface area contributed by atoms with E-state index in [-0.39, 0.29) is 30.1 Å². The molecule has 0 aromatic heterocycles. The number of benzene rings is 2. The summed E-state index contributed by atoms with van der Waals surface area (Å²) in [7, 11) is 0. The molecule has 0 radical (unpaired) electrons. The van der Waals surface area contributed by atoms with Crippen molar-refractivity contribution in [3.05, 3.63) is 58.3 Å². The lowest BCUT2D eigenvalue weighted by Gasteiger charge is -2.30. The highest BCUT2D eigenvalue weighted by Crippen LogP contribution is 2.27. The Hall–Kier alpha value is -1.63. The summed E-state index contributed by atoms with van der Waals surface area (Å²) in [5, 5.41) is 0. The molecule has 1 amide bonds. The summed E-state index contributed by atoms with van der Waals surface area (Å²) in [5.41, 5.74) is 6.21. The van der Waals surface area contributed by atoms with Crippen LogP contribution in [0.4, 0.5) is 4.39 Å². The SMILES string of the molecule is Cl.NC1CCCN(C(=O)c2ccc(Oc3ccc(Br)cc3)c(F)c2)C1. The van der Waals surface area contributed by atoms with Gasteiger partial charge in [0.25, 0.3) is 5.91 Å². The third-order valence-electron chi connectivity index (χ3n) is 3.97. The molecule has 1 aliphatic heterocycles. The second-order valence-electron chi connectivity index (χ2n) is 5.85. The minimum Gasteiger partial charge on any atom is -0.454 e. The standard InChI is InChI=1S/C18H18BrFN2O2.ClH/c19-13-4-6-15(7-5-13)24-17-8-3-12(10-16(17)20)18(23)22-9-1-2-14(21)11-22;/h3-8,10,14H,1-2,9,11,21H2;1H. The van der Waals surface area contributed by atoms with Gasteiger partial charge in [-0.1, -0.05) is 15.9 Å². The molecular formula is C18H19BrClFN2O2. The highest BCUT2D eigenvalue weighted by Gasteiger charge is 2.23. The topological polar surface area (TPSA) is 55.6 Å². The van der Waals surface area contributed by atoms with E-state index >= 15 is 0 Å². The van der Waals surface area contributed by atoms with Crippen molar-refractivity contribution in [3.63, 3.8) is 0 Å². The Kier molecular flexibility index (Phi) is 6.81. The van der Waals surface area contributed by atoms with Crippen LogP contribution in [0.5, 0.6) is 11.5 Å². The van der Waals surface area contributed by atoms with Crippen LogP contribution in [0.1, 0.15) is 23.2 Å². The molecule has 0 aliphatic carbocycles. The first-order chi connectivity index (χ1) is 11.5. The van der Waals surface area contributed by atoms with Crippen molar-refractivity contribution in [2.45, 2.75) is 18.9 Å². The number of carbonyl (C=O) groups is 1. The number of piperidine rings is 1. The molecule has 4 nitrogen and oxygen atoms in total. The molecule has 1 saturated heterocycles. The van der Waals surface area contributed by atoms with Gasteiger partial charge >= 0.3 is 0 Å². The zero-order valence-corrected chi connectivity index (χ0v) is 15.9. The number of amides is 1. The van der Waals surface area contributed by atoms with Gasteiger partial charge in [-0.3, -0.25) is 4.79 Å². The number of halogens is 3. The Morgan fingerprint density at radius 1 is 1.24 bits per heavy atom. The molecule has 2 aromatic carbocycles. The second-order valence-corrected chi connectivity index (χ2v) is 6.77. The van der Waals surface area contributed by atoms with E-state index in [1.54, 1.807) is 23.1 Å². The maximum absolute atomic E-state index is 14.3. The molecule has 1 unspecified atom stereocenters. The fourth-order valence-corrected chi connectivity index (χ4v) is 2.99. The number of carbonyl (C=O) groups excluding carboxylic acids is 1. The monoisotopic (exact) mass is 428 g/mol. The van der Waals surface area contributed by atoms with E-state index in [4.69, 9.17) is 10.5 Å². The zero-order valence-electron chi connectivity index (χ0n) is 13.5. The van der Waals surface area contributed by atoms with Crippen molar-refractivity contribution < 1.29 is 13.9 Å². The quantitative estimate of drug-likeness (QED) is 0.788. The molecule has 1 atom stereocenters. The fraction of sp³-hybridized carbons (Fsp3) is 0.278. The van der Waals surface area contributed by atoms with E-state index in [2.05, 4.69) is 15.9 Å². The van der Waals surface area contributed by atoms with Crippen LogP contribution in [-0.4, -0.2) is 29.9 Å². The molecule has 2 N–H and O–H groups in total. The molecule has 0 bridgehead atoms. The van der Waals surface area contributed by atoms with E-state index in [0.29, 0.717) is 24.4 Å². The number of hydrogen-bond acceptors (Lipinski definition) is 3. The summed E-state index contributed by atoms with van der Waals surface area (Å²) in [5.74, 6) is -0.147. The summed E-state index contributed by atoms with van der Waals surface area (Å²) < 4.78 is 20.7. The first-order valence-electron chi connectivity index (χ1n) is 7.81. The average Bonchev–Trinajstić information content (AvgIpc) is 2.58. The molecule has 134 valence electrons. The van der Waals surface area contributed by atoms with Crippen LogP contribution < -0.4 is 10.5 Å².